The molecule has 0 unspecified atom stereocenters. The number of piperidine rings is 1. The summed E-state index contributed by atoms with van der Waals surface area (Å²) in [6.45, 7) is 4.12. The molecule has 0 spiro atoms. The van der Waals surface area contributed by atoms with Crippen LogP contribution in [0, 0.1) is 18.7 Å². The number of rotatable bonds is 6. The second-order valence-corrected chi connectivity index (χ2v) is 10.00. The van der Waals surface area contributed by atoms with Crippen LogP contribution >= 0.6 is 11.3 Å². The molecule has 2 amide bonds. The van der Waals surface area contributed by atoms with Gasteiger partial charge in [-0.25, -0.2) is 4.39 Å². The van der Waals surface area contributed by atoms with E-state index in [4.69, 9.17) is 0 Å². The summed E-state index contributed by atoms with van der Waals surface area (Å²) in [4.78, 5) is 29.4. The SMILES string of the molecule is Cc1nn(Cc2ccccc2)c2sc(C(=O)N3CCC(C(=O)NCc4ccc(F)cc4)CC3)cc12. The fourth-order valence-electron chi connectivity index (χ4n) is 4.52. The molecule has 1 N–H and O–H groups in total. The van der Waals surface area contributed by atoms with Crippen molar-refractivity contribution in [2.75, 3.05) is 13.1 Å². The normalized spacial score (nSPS) is 14.4. The lowest BCUT2D eigenvalue weighted by molar-refractivity contribution is -0.126. The van der Waals surface area contributed by atoms with Gasteiger partial charge in [0, 0.05) is 30.9 Å². The third-order valence-electron chi connectivity index (χ3n) is 6.53. The maximum atomic E-state index is 13.2. The Kier molecular flexibility index (Phi) is 6.63. The Hall–Kier alpha value is -3.52. The number of aryl methyl sites for hydroxylation is 1. The van der Waals surface area contributed by atoms with Crippen LogP contribution in [0.15, 0.2) is 60.7 Å². The molecule has 1 saturated heterocycles. The van der Waals surface area contributed by atoms with Gasteiger partial charge in [-0.3, -0.25) is 14.3 Å². The minimum atomic E-state index is -0.292. The first-order valence-corrected chi connectivity index (χ1v) is 12.6. The van der Waals surface area contributed by atoms with Gasteiger partial charge in [0.15, 0.2) is 0 Å². The number of carbonyl (C=O) groups is 2. The number of fused-ring (bicyclic) bond motifs is 1. The predicted molar refractivity (Wildman–Crippen MR) is 135 cm³/mol. The van der Waals surface area contributed by atoms with Crippen LogP contribution in [0.1, 0.15) is 39.3 Å². The lowest BCUT2D eigenvalue weighted by atomic mass is 9.95. The van der Waals surface area contributed by atoms with E-state index in [0.29, 0.717) is 43.9 Å². The van der Waals surface area contributed by atoms with Crippen LogP contribution < -0.4 is 5.32 Å². The fraction of sp³-hybridized carbons (Fsp3) is 0.296. The molecule has 0 aliphatic carbocycles. The number of thiophene rings is 1. The zero-order valence-electron chi connectivity index (χ0n) is 19.5. The number of aromatic nitrogens is 2. The summed E-state index contributed by atoms with van der Waals surface area (Å²) in [5.74, 6) is -0.412. The lowest BCUT2D eigenvalue weighted by Gasteiger charge is -2.31. The Morgan fingerprint density at radius 2 is 1.77 bits per heavy atom. The summed E-state index contributed by atoms with van der Waals surface area (Å²) >= 11 is 1.48. The second-order valence-electron chi connectivity index (χ2n) is 8.97. The van der Waals surface area contributed by atoms with Crippen LogP contribution in [0.5, 0.6) is 0 Å². The fourth-order valence-corrected chi connectivity index (χ4v) is 5.65. The van der Waals surface area contributed by atoms with E-state index in [9.17, 15) is 14.0 Å². The van der Waals surface area contributed by atoms with E-state index in [1.807, 2.05) is 40.8 Å². The molecule has 1 aliphatic heterocycles. The maximum absolute atomic E-state index is 13.2. The van der Waals surface area contributed by atoms with E-state index >= 15 is 0 Å². The van der Waals surface area contributed by atoms with Crippen molar-refractivity contribution in [3.8, 4) is 0 Å². The molecule has 35 heavy (non-hydrogen) atoms. The minimum absolute atomic E-state index is 0.0140. The highest BCUT2D eigenvalue weighted by Crippen LogP contribution is 2.31. The number of hydrogen-bond donors (Lipinski definition) is 1. The molecule has 0 bridgehead atoms. The average molecular weight is 491 g/mol. The standard InChI is InChI=1S/C27H27FN4O2S/c1-18-23-15-24(35-27(23)32(30-18)17-20-5-3-2-4-6-20)26(34)31-13-11-21(12-14-31)25(33)29-16-19-7-9-22(28)10-8-19/h2-10,15,21H,11-14,16-17H2,1H3,(H,29,33). The number of halogens is 1. The Labute approximate surface area is 207 Å². The van der Waals surface area contributed by atoms with Crippen molar-refractivity contribution in [3.63, 3.8) is 0 Å². The van der Waals surface area contributed by atoms with Crippen LogP contribution in [0.4, 0.5) is 4.39 Å². The monoisotopic (exact) mass is 490 g/mol. The van der Waals surface area contributed by atoms with Gasteiger partial charge in [0.25, 0.3) is 5.91 Å². The van der Waals surface area contributed by atoms with Crippen molar-refractivity contribution in [3.05, 3.63) is 88.2 Å². The van der Waals surface area contributed by atoms with E-state index < -0.39 is 0 Å². The Morgan fingerprint density at radius 3 is 2.49 bits per heavy atom. The van der Waals surface area contributed by atoms with Gasteiger partial charge in [-0.05, 0) is 49.1 Å². The van der Waals surface area contributed by atoms with Crippen molar-refractivity contribution >= 4 is 33.4 Å². The molecular formula is C27H27FN4O2S. The molecule has 0 saturated carbocycles. The van der Waals surface area contributed by atoms with Crippen LogP contribution in [0.3, 0.4) is 0 Å². The van der Waals surface area contributed by atoms with Crippen molar-refractivity contribution in [1.29, 1.82) is 0 Å². The highest BCUT2D eigenvalue weighted by Gasteiger charge is 2.29. The summed E-state index contributed by atoms with van der Waals surface area (Å²) in [5, 5.41) is 8.63. The molecule has 4 aromatic rings. The van der Waals surface area contributed by atoms with Gasteiger partial charge in [0.1, 0.15) is 10.6 Å². The van der Waals surface area contributed by atoms with Gasteiger partial charge < -0.3 is 10.2 Å². The third kappa shape index (κ3) is 5.12. The summed E-state index contributed by atoms with van der Waals surface area (Å²) in [5.41, 5.74) is 2.94. The number of amides is 2. The number of benzene rings is 2. The van der Waals surface area contributed by atoms with E-state index in [-0.39, 0.29) is 23.5 Å². The zero-order chi connectivity index (χ0) is 24.4. The van der Waals surface area contributed by atoms with Gasteiger partial charge in [-0.1, -0.05) is 42.5 Å². The molecule has 0 atom stereocenters. The highest BCUT2D eigenvalue weighted by molar-refractivity contribution is 7.20. The molecule has 2 aromatic carbocycles. The first-order chi connectivity index (χ1) is 17.0. The summed E-state index contributed by atoms with van der Waals surface area (Å²) in [6.07, 6.45) is 1.26. The summed E-state index contributed by atoms with van der Waals surface area (Å²) in [7, 11) is 0. The van der Waals surface area contributed by atoms with Crippen LogP contribution in [-0.2, 0) is 17.9 Å². The Morgan fingerprint density at radius 1 is 1.06 bits per heavy atom. The van der Waals surface area contributed by atoms with Crippen LogP contribution in [-0.4, -0.2) is 39.6 Å². The first-order valence-electron chi connectivity index (χ1n) is 11.8. The number of carbonyl (C=O) groups excluding carboxylic acids is 2. The number of likely N-dealkylation sites (tertiary alicyclic amines) is 1. The van der Waals surface area contributed by atoms with Gasteiger partial charge >= 0.3 is 0 Å². The highest BCUT2D eigenvalue weighted by atomic mass is 32.1. The van der Waals surface area contributed by atoms with E-state index in [1.54, 1.807) is 12.1 Å². The largest absolute Gasteiger partial charge is 0.352 e. The summed E-state index contributed by atoms with van der Waals surface area (Å²) in [6, 6.07) is 18.2. The molecule has 180 valence electrons. The average Bonchev–Trinajstić information content (AvgIpc) is 3.45. The van der Waals surface area contributed by atoms with E-state index in [1.165, 1.54) is 23.5 Å². The summed E-state index contributed by atoms with van der Waals surface area (Å²) < 4.78 is 15.0. The van der Waals surface area contributed by atoms with Gasteiger partial charge in [-0.15, -0.1) is 11.3 Å². The van der Waals surface area contributed by atoms with Crippen molar-refractivity contribution < 1.29 is 14.0 Å². The van der Waals surface area contributed by atoms with Crippen molar-refractivity contribution in [1.82, 2.24) is 20.0 Å². The van der Waals surface area contributed by atoms with E-state index in [2.05, 4.69) is 22.5 Å². The molecule has 0 radical (unpaired) electrons. The van der Waals surface area contributed by atoms with Crippen LogP contribution in [0.25, 0.3) is 10.2 Å². The minimum Gasteiger partial charge on any atom is -0.352 e. The smallest absolute Gasteiger partial charge is 0.264 e. The second kappa shape index (κ2) is 10.00. The van der Waals surface area contributed by atoms with Crippen LogP contribution in [0.2, 0.25) is 0 Å². The number of nitrogens with zero attached hydrogens (tertiary/aromatic N) is 3. The van der Waals surface area contributed by atoms with Crippen molar-refractivity contribution in [2.24, 2.45) is 5.92 Å². The topological polar surface area (TPSA) is 67.2 Å². The molecular weight excluding hydrogens is 463 g/mol. The van der Waals surface area contributed by atoms with Gasteiger partial charge in [-0.2, -0.15) is 5.10 Å². The zero-order valence-corrected chi connectivity index (χ0v) is 20.4. The Balaban J connectivity index is 1.19. The molecule has 6 nitrogen and oxygen atoms in total. The van der Waals surface area contributed by atoms with Crippen molar-refractivity contribution in [2.45, 2.75) is 32.9 Å². The molecule has 2 aromatic heterocycles. The van der Waals surface area contributed by atoms with Gasteiger partial charge in [0.2, 0.25) is 5.91 Å². The first kappa shape index (κ1) is 23.2. The number of hydrogen-bond acceptors (Lipinski definition) is 4. The molecule has 5 rings (SSSR count). The Bertz CT molecular complexity index is 1340. The molecule has 1 aliphatic rings. The molecule has 1 fully saturated rings. The third-order valence-corrected chi connectivity index (χ3v) is 7.66. The van der Waals surface area contributed by atoms with E-state index in [0.717, 1.165) is 27.0 Å². The molecule has 3 heterocycles. The quantitative estimate of drug-likeness (QED) is 0.424. The molecule has 8 heteroatoms. The predicted octanol–water partition coefficient (Wildman–Crippen LogP) is 4.76. The lowest BCUT2D eigenvalue weighted by Crippen LogP contribution is -2.42. The maximum Gasteiger partial charge on any atom is 0.264 e. The van der Waals surface area contributed by atoms with Gasteiger partial charge in [0.05, 0.1) is 17.1 Å². The number of nitrogens with one attached hydrogen (secondary N) is 1.